The highest BCUT2D eigenvalue weighted by atomic mass is 16.6. The number of ether oxygens (including phenoxy) is 2. The minimum atomic E-state index is -0.795. The highest BCUT2D eigenvalue weighted by molar-refractivity contribution is 5.98. The second-order valence-electron chi connectivity index (χ2n) is 5.31. The lowest BCUT2D eigenvalue weighted by atomic mass is 10.1. The molecule has 26 heavy (non-hydrogen) atoms. The quantitative estimate of drug-likeness (QED) is 0.297. The van der Waals surface area contributed by atoms with E-state index in [0.717, 1.165) is 0 Å². The lowest BCUT2D eigenvalue weighted by Crippen LogP contribution is -2.11. The van der Waals surface area contributed by atoms with Crippen LogP contribution >= 0.6 is 0 Å². The van der Waals surface area contributed by atoms with Gasteiger partial charge in [-0.15, -0.1) is 0 Å². The number of hydrogen-bond donors (Lipinski definition) is 0. The maximum absolute atomic E-state index is 12.6. The van der Waals surface area contributed by atoms with Gasteiger partial charge in [0.2, 0.25) is 5.75 Å². The van der Waals surface area contributed by atoms with Gasteiger partial charge in [0.1, 0.15) is 22.8 Å². The number of nitro groups is 1. The van der Waals surface area contributed by atoms with Gasteiger partial charge in [-0.25, -0.2) is 4.79 Å². The molecule has 0 aliphatic heterocycles. The number of benzene rings is 2. The third-order valence-electron chi connectivity index (χ3n) is 3.68. The molecular weight excluding hydrogens is 340 g/mol. The molecule has 0 radical (unpaired) electrons. The first-order valence-electron chi connectivity index (χ1n) is 7.57. The van der Waals surface area contributed by atoms with Crippen LogP contribution in [0.15, 0.2) is 53.1 Å². The Morgan fingerprint density at radius 3 is 2.58 bits per heavy atom. The number of esters is 1. The predicted molar refractivity (Wildman–Crippen MR) is 91.3 cm³/mol. The summed E-state index contributed by atoms with van der Waals surface area (Å²) in [5, 5.41) is 15.1. The van der Waals surface area contributed by atoms with E-state index < -0.39 is 10.9 Å². The van der Waals surface area contributed by atoms with Crippen LogP contribution in [0.3, 0.4) is 0 Å². The van der Waals surface area contributed by atoms with Crippen LogP contribution in [0, 0.1) is 17.0 Å². The number of rotatable bonds is 5. The molecular formula is C18H14N2O6. The SMILES string of the molecule is COc1ccc(OC(=O)c2c(-c3ccccc3)noc2C)c([N+](=O)[O-])c1. The van der Waals surface area contributed by atoms with Gasteiger partial charge in [0.15, 0.2) is 0 Å². The van der Waals surface area contributed by atoms with Crippen molar-refractivity contribution in [2.45, 2.75) is 6.92 Å². The van der Waals surface area contributed by atoms with Crippen molar-refractivity contribution >= 4 is 11.7 Å². The Bertz CT molecular complexity index is 965. The van der Waals surface area contributed by atoms with Crippen LogP contribution in [0.5, 0.6) is 11.5 Å². The second-order valence-corrected chi connectivity index (χ2v) is 5.31. The van der Waals surface area contributed by atoms with Gasteiger partial charge in [-0.3, -0.25) is 10.1 Å². The topological polar surface area (TPSA) is 105 Å². The van der Waals surface area contributed by atoms with Gasteiger partial charge < -0.3 is 14.0 Å². The zero-order chi connectivity index (χ0) is 18.7. The molecule has 0 spiro atoms. The molecule has 0 unspecified atom stereocenters. The van der Waals surface area contributed by atoms with Crippen LogP contribution in [-0.4, -0.2) is 23.2 Å². The molecule has 8 nitrogen and oxygen atoms in total. The Labute approximate surface area is 148 Å². The van der Waals surface area contributed by atoms with Crippen LogP contribution in [0.25, 0.3) is 11.3 Å². The van der Waals surface area contributed by atoms with Crippen molar-refractivity contribution in [2.75, 3.05) is 7.11 Å². The van der Waals surface area contributed by atoms with E-state index in [9.17, 15) is 14.9 Å². The van der Waals surface area contributed by atoms with Gasteiger partial charge in [-0.1, -0.05) is 35.5 Å². The minimum absolute atomic E-state index is 0.112. The van der Waals surface area contributed by atoms with Crippen molar-refractivity contribution < 1.29 is 23.7 Å². The highest BCUT2D eigenvalue weighted by Gasteiger charge is 2.26. The maximum atomic E-state index is 12.6. The van der Waals surface area contributed by atoms with Gasteiger partial charge in [-0.2, -0.15) is 0 Å². The van der Waals surface area contributed by atoms with Crippen LogP contribution in [0.4, 0.5) is 5.69 Å². The largest absolute Gasteiger partial charge is 0.496 e. The molecule has 0 bridgehead atoms. The van der Waals surface area contributed by atoms with E-state index in [0.29, 0.717) is 11.3 Å². The van der Waals surface area contributed by atoms with E-state index in [1.165, 1.54) is 25.3 Å². The van der Waals surface area contributed by atoms with E-state index in [-0.39, 0.29) is 28.5 Å². The Balaban J connectivity index is 1.98. The van der Waals surface area contributed by atoms with Crippen LogP contribution in [0.2, 0.25) is 0 Å². The van der Waals surface area contributed by atoms with Crippen molar-refractivity contribution in [1.29, 1.82) is 0 Å². The van der Waals surface area contributed by atoms with Crippen molar-refractivity contribution in [2.24, 2.45) is 0 Å². The standard InChI is InChI=1S/C18H14N2O6/c1-11-16(17(19-26-11)12-6-4-3-5-7-12)18(21)25-15-9-8-13(24-2)10-14(15)20(22)23/h3-10H,1-2H3. The number of aromatic nitrogens is 1. The molecule has 0 atom stereocenters. The summed E-state index contributed by atoms with van der Waals surface area (Å²) in [7, 11) is 1.39. The van der Waals surface area contributed by atoms with Crippen molar-refractivity contribution in [3.05, 3.63) is 70.0 Å². The molecule has 1 aromatic heterocycles. The monoisotopic (exact) mass is 354 g/mol. The van der Waals surface area contributed by atoms with E-state index >= 15 is 0 Å². The number of methoxy groups -OCH3 is 1. The molecule has 132 valence electrons. The number of hydrogen-bond acceptors (Lipinski definition) is 7. The molecule has 3 rings (SSSR count). The first kappa shape index (κ1) is 17.2. The average molecular weight is 354 g/mol. The Morgan fingerprint density at radius 2 is 1.92 bits per heavy atom. The fourth-order valence-corrected chi connectivity index (χ4v) is 2.41. The lowest BCUT2D eigenvalue weighted by molar-refractivity contribution is -0.385. The van der Waals surface area contributed by atoms with E-state index in [1.807, 2.05) is 6.07 Å². The molecule has 0 fully saturated rings. The summed E-state index contributed by atoms with van der Waals surface area (Å²) in [5.41, 5.74) is 0.708. The van der Waals surface area contributed by atoms with E-state index in [2.05, 4.69) is 5.16 Å². The smallest absolute Gasteiger partial charge is 0.349 e. The maximum Gasteiger partial charge on any atom is 0.349 e. The molecule has 0 aliphatic carbocycles. The van der Waals surface area contributed by atoms with Crippen LogP contribution in [0.1, 0.15) is 16.1 Å². The number of carbonyl (C=O) groups is 1. The summed E-state index contributed by atoms with van der Waals surface area (Å²) in [6.07, 6.45) is 0. The van der Waals surface area contributed by atoms with Crippen molar-refractivity contribution in [1.82, 2.24) is 5.16 Å². The normalized spacial score (nSPS) is 10.4. The third kappa shape index (κ3) is 3.25. The summed E-state index contributed by atoms with van der Waals surface area (Å²) in [4.78, 5) is 23.2. The Morgan fingerprint density at radius 1 is 1.19 bits per heavy atom. The Kier molecular flexibility index (Phi) is 4.66. The molecule has 0 N–H and O–H groups in total. The summed E-state index contributed by atoms with van der Waals surface area (Å²) in [6, 6.07) is 12.9. The first-order chi connectivity index (χ1) is 12.5. The lowest BCUT2D eigenvalue weighted by Gasteiger charge is -2.07. The zero-order valence-electron chi connectivity index (χ0n) is 14.0. The fourth-order valence-electron chi connectivity index (χ4n) is 2.41. The molecule has 0 saturated carbocycles. The molecule has 0 saturated heterocycles. The third-order valence-corrected chi connectivity index (χ3v) is 3.68. The van der Waals surface area contributed by atoms with Gasteiger partial charge in [0, 0.05) is 5.56 Å². The van der Waals surface area contributed by atoms with Gasteiger partial charge >= 0.3 is 11.7 Å². The number of carbonyl (C=O) groups excluding carboxylic acids is 1. The molecule has 1 heterocycles. The van der Waals surface area contributed by atoms with E-state index in [1.54, 1.807) is 31.2 Å². The highest BCUT2D eigenvalue weighted by Crippen LogP contribution is 2.33. The van der Waals surface area contributed by atoms with Gasteiger partial charge in [0.25, 0.3) is 0 Å². The number of aryl methyl sites for hydroxylation is 1. The van der Waals surface area contributed by atoms with Crippen LogP contribution < -0.4 is 9.47 Å². The Hall–Kier alpha value is -3.68. The molecule has 0 amide bonds. The summed E-state index contributed by atoms with van der Waals surface area (Å²) in [6.45, 7) is 1.57. The number of nitrogens with zero attached hydrogens (tertiary/aromatic N) is 2. The molecule has 3 aromatic rings. The molecule has 8 heteroatoms. The summed E-state index contributed by atoms with van der Waals surface area (Å²) < 4.78 is 15.3. The minimum Gasteiger partial charge on any atom is -0.496 e. The fraction of sp³-hybridized carbons (Fsp3) is 0.111. The predicted octanol–water partition coefficient (Wildman–Crippen LogP) is 3.79. The molecule has 0 aliphatic rings. The second kappa shape index (κ2) is 7.06. The summed E-state index contributed by atoms with van der Waals surface area (Å²) >= 11 is 0. The molecule has 2 aromatic carbocycles. The average Bonchev–Trinajstić information content (AvgIpc) is 3.04. The van der Waals surface area contributed by atoms with Crippen molar-refractivity contribution in [3.63, 3.8) is 0 Å². The summed E-state index contributed by atoms with van der Waals surface area (Å²) in [5.74, 6) is -0.455. The van der Waals surface area contributed by atoms with Crippen LogP contribution in [-0.2, 0) is 0 Å². The van der Waals surface area contributed by atoms with Gasteiger partial charge in [-0.05, 0) is 19.1 Å². The van der Waals surface area contributed by atoms with Crippen molar-refractivity contribution in [3.8, 4) is 22.8 Å². The number of nitro benzene ring substituents is 1. The van der Waals surface area contributed by atoms with Gasteiger partial charge in [0.05, 0.1) is 18.1 Å². The first-order valence-corrected chi connectivity index (χ1v) is 7.57. The van der Waals surface area contributed by atoms with E-state index in [4.69, 9.17) is 14.0 Å². The zero-order valence-corrected chi connectivity index (χ0v) is 14.0.